The Bertz CT molecular complexity index is 1030. The lowest BCUT2D eigenvalue weighted by Gasteiger charge is -2.34. The van der Waals surface area contributed by atoms with E-state index >= 15 is 0 Å². The van der Waals surface area contributed by atoms with Crippen molar-refractivity contribution in [1.82, 2.24) is 4.98 Å². The van der Waals surface area contributed by atoms with Crippen LogP contribution in [0.4, 0.5) is 0 Å². The summed E-state index contributed by atoms with van der Waals surface area (Å²) in [6, 6.07) is 31.0. The Morgan fingerprint density at radius 3 is 1.67 bits per heavy atom. The number of carbonyl (C=O) groups is 1. The van der Waals surface area contributed by atoms with E-state index < -0.39 is 10.7 Å². The molecule has 30 heavy (non-hydrogen) atoms. The van der Waals surface area contributed by atoms with Crippen molar-refractivity contribution in [3.63, 3.8) is 0 Å². The van der Waals surface area contributed by atoms with Gasteiger partial charge in [0.15, 0.2) is 0 Å². The van der Waals surface area contributed by atoms with Crippen LogP contribution in [0.25, 0.3) is 5.57 Å². The summed E-state index contributed by atoms with van der Waals surface area (Å²) in [6.07, 6.45) is 1.68. The third-order valence-corrected chi connectivity index (χ3v) is 7.08. The molecule has 3 nitrogen and oxygen atoms in total. The maximum atomic E-state index is 12.2. The van der Waals surface area contributed by atoms with Crippen LogP contribution < -0.4 is 5.73 Å². The highest BCUT2D eigenvalue weighted by Gasteiger charge is 2.36. The van der Waals surface area contributed by atoms with Crippen LogP contribution in [0.1, 0.15) is 21.6 Å². The molecule has 1 amide bonds. The number of thioether (sulfide) groups is 1. The van der Waals surface area contributed by atoms with E-state index in [4.69, 9.17) is 5.73 Å². The lowest BCUT2D eigenvalue weighted by Crippen LogP contribution is -2.25. The molecule has 0 atom stereocenters. The van der Waals surface area contributed by atoms with E-state index in [1.54, 1.807) is 23.5 Å². The van der Waals surface area contributed by atoms with Gasteiger partial charge in [0, 0.05) is 6.20 Å². The summed E-state index contributed by atoms with van der Waals surface area (Å²) in [6.45, 7) is 0. The lowest BCUT2D eigenvalue weighted by atomic mass is 9.84. The number of nitrogens with two attached hydrogens (primary N) is 1. The van der Waals surface area contributed by atoms with Crippen molar-refractivity contribution < 1.29 is 4.79 Å². The number of nitrogens with zero attached hydrogens (tertiary/aromatic N) is 1. The van der Waals surface area contributed by atoms with Gasteiger partial charge in [-0.1, -0.05) is 91.0 Å². The van der Waals surface area contributed by atoms with Crippen molar-refractivity contribution in [3.8, 4) is 0 Å². The van der Waals surface area contributed by atoms with Gasteiger partial charge in [-0.15, -0.1) is 23.1 Å². The van der Waals surface area contributed by atoms with Gasteiger partial charge >= 0.3 is 0 Å². The summed E-state index contributed by atoms with van der Waals surface area (Å²) in [7, 11) is 0. The van der Waals surface area contributed by atoms with E-state index in [9.17, 15) is 4.79 Å². The maximum Gasteiger partial charge on any atom is 0.250 e. The van der Waals surface area contributed by atoms with Gasteiger partial charge < -0.3 is 5.73 Å². The molecule has 2 N–H and O–H groups in total. The zero-order valence-corrected chi connectivity index (χ0v) is 17.8. The standard InChI is InChI=1S/C25H20N2OS2/c26-24(28)22(23-16-27-18-29-23)17-30-25(19-10-4-1-5-11-19,20-12-6-2-7-13-20)21-14-8-3-9-15-21/h1-18H,(H2,26,28)/b22-17+. The molecule has 1 aromatic heterocycles. The molecule has 0 unspecified atom stereocenters. The van der Waals surface area contributed by atoms with Crippen LogP contribution in [0.2, 0.25) is 0 Å². The molecular weight excluding hydrogens is 408 g/mol. The monoisotopic (exact) mass is 428 g/mol. The second kappa shape index (κ2) is 9.11. The van der Waals surface area contributed by atoms with Gasteiger partial charge in [0.05, 0.1) is 20.7 Å². The van der Waals surface area contributed by atoms with E-state index in [1.165, 1.54) is 11.3 Å². The van der Waals surface area contributed by atoms with Crippen LogP contribution in [0.3, 0.4) is 0 Å². The van der Waals surface area contributed by atoms with Gasteiger partial charge in [0.2, 0.25) is 0 Å². The first-order valence-electron chi connectivity index (χ1n) is 9.45. The molecule has 0 aliphatic carbocycles. The molecule has 0 radical (unpaired) electrons. The van der Waals surface area contributed by atoms with Crippen LogP contribution in [-0.2, 0) is 9.54 Å². The Balaban J connectivity index is 1.95. The minimum atomic E-state index is -0.546. The molecule has 3 aromatic carbocycles. The third-order valence-electron chi connectivity index (χ3n) is 4.86. The Morgan fingerprint density at radius 2 is 1.30 bits per heavy atom. The van der Waals surface area contributed by atoms with Gasteiger partial charge in [0.1, 0.15) is 0 Å². The predicted octanol–water partition coefficient (Wildman–Crippen LogP) is 5.69. The number of rotatable bonds is 7. The summed E-state index contributed by atoms with van der Waals surface area (Å²) < 4.78 is -0.546. The summed E-state index contributed by atoms with van der Waals surface area (Å²) in [5, 5.41) is 1.88. The zero-order valence-electron chi connectivity index (χ0n) is 16.1. The Morgan fingerprint density at radius 1 is 0.833 bits per heavy atom. The largest absolute Gasteiger partial charge is 0.366 e. The minimum Gasteiger partial charge on any atom is -0.366 e. The number of aromatic nitrogens is 1. The highest BCUT2D eigenvalue weighted by molar-refractivity contribution is 8.03. The van der Waals surface area contributed by atoms with Crippen molar-refractivity contribution in [2.24, 2.45) is 5.73 Å². The highest BCUT2D eigenvalue weighted by atomic mass is 32.2. The fourth-order valence-corrected chi connectivity index (χ4v) is 5.53. The number of carbonyl (C=O) groups excluding carboxylic acids is 1. The molecule has 4 aromatic rings. The summed E-state index contributed by atoms with van der Waals surface area (Å²) >= 11 is 2.98. The van der Waals surface area contributed by atoms with Gasteiger partial charge in [-0.3, -0.25) is 9.78 Å². The van der Waals surface area contributed by atoms with Gasteiger partial charge in [-0.25, -0.2) is 0 Å². The number of hydrogen-bond acceptors (Lipinski definition) is 4. The predicted molar refractivity (Wildman–Crippen MR) is 126 cm³/mol. The fourth-order valence-electron chi connectivity index (χ4n) is 3.46. The lowest BCUT2D eigenvalue weighted by molar-refractivity contribution is -0.112. The molecule has 0 spiro atoms. The van der Waals surface area contributed by atoms with E-state index in [0.717, 1.165) is 21.6 Å². The number of amides is 1. The summed E-state index contributed by atoms with van der Waals surface area (Å²) in [5.74, 6) is -0.463. The molecule has 0 aliphatic rings. The molecule has 0 saturated carbocycles. The first-order chi connectivity index (χ1) is 14.7. The minimum absolute atomic E-state index is 0.463. The Labute approximate surface area is 184 Å². The number of hydrogen-bond donors (Lipinski definition) is 1. The van der Waals surface area contributed by atoms with Crippen molar-refractivity contribution in [2.75, 3.05) is 0 Å². The summed E-state index contributed by atoms with van der Waals surface area (Å²) in [4.78, 5) is 17.1. The van der Waals surface area contributed by atoms with Crippen LogP contribution in [0.5, 0.6) is 0 Å². The van der Waals surface area contributed by atoms with Crippen molar-refractivity contribution in [2.45, 2.75) is 4.75 Å². The molecule has 0 bridgehead atoms. The maximum absolute atomic E-state index is 12.2. The number of thiazole rings is 1. The average molecular weight is 429 g/mol. The third kappa shape index (κ3) is 3.95. The van der Waals surface area contributed by atoms with E-state index in [1.807, 2.05) is 60.0 Å². The topological polar surface area (TPSA) is 56.0 Å². The van der Waals surface area contributed by atoms with Crippen LogP contribution in [-0.4, -0.2) is 10.9 Å². The first-order valence-corrected chi connectivity index (χ1v) is 11.2. The zero-order chi connectivity index (χ0) is 20.8. The average Bonchev–Trinajstić information content (AvgIpc) is 3.33. The normalized spacial score (nSPS) is 11.9. The molecule has 148 valence electrons. The molecular formula is C25H20N2OS2. The second-order valence-electron chi connectivity index (χ2n) is 6.66. The Kier molecular flexibility index (Phi) is 6.12. The summed E-state index contributed by atoms with van der Waals surface area (Å²) in [5.41, 5.74) is 11.3. The van der Waals surface area contributed by atoms with Crippen molar-refractivity contribution in [3.05, 3.63) is 130 Å². The number of benzene rings is 3. The van der Waals surface area contributed by atoms with Gasteiger partial charge in [0.25, 0.3) is 5.91 Å². The molecule has 0 aliphatic heterocycles. The SMILES string of the molecule is NC(=O)/C(=C/SC(c1ccccc1)(c1ccccc1)c1ccccc1)c1cncs1. The van der Waals surface area contributed by atoms with Crippen molar-refractivity contribution >= 4 is 34.6 Å². The van der Waals surface area contributed by atoms with Gasteiger partial charge in [-0.2, -0.15) is 0 Å². The molecule has 0 saturated heterocycles. The van der Waals surface area contributed by atoms with Crippen LogP contribution in [0.15, 0.2) is 108 Å². The van der Waals surface area contributed by atoms with Gasteiger partial charge in [-0.05, 0) is 22.1 Å². The van der Waals surface area contributed by atoms with E-state index in [-0.39, 0.29) is 0 Å². The van der Waals surface area contributed by atoms with E-state index in [0.29, 0.717) is 5.57 Å². The van der Waals surface area contributed by atoms with Crippen LogP contribution in [0, 0.1) is 0 Å². The van der Waals surface area contributed by atoms with Crippen LogP contribution >= 0.6 is 23.1 Å². The molecule has 4 rings (SSSR count). The highest BCUT2D eigenvalue weighted by Crippen LogP contribution is 2.49. The fraction of sp³-hybridized carbons (Fsp3) is 0.0400. The first kappa shape index (κ1) is 20.1. The quantitative estimate of drug-likeness (QED) is 0.304. The molecule has 5 heteroatoms. The Hall–Kier alpha value is -3.15. The second-order valence-corrected chi connectivity index (χ2v) is 8.63. The van der Waals surface area contributed by atoms with E-state index in [2.05, 4.69) is 41.4 Å². The number of primary amides is 1. The smallest absolute Gasteiger partial charge is 0.250 e. The van der Waals surface area contributed by atoms with Crippen molar-refractivity contribution in [1.29, 1.82) is 0 Å². The molecule has 0 fully saturated rings. The molecule has 1 heterocycles.